The fraction of sp³-hybridized carbons (Fsp3) is 0.364. The van der Waals surface area contributed by atoms with Gasteiger partial charge in [0.25, 0.3) is 0 Å². The molecular formula is C11H14N6O3S2. The van der Waals surface area contributed by atoms with Crippen LogP contribution in [0.15, 0.2) is 17.8 Å². The lowest BCUT2D eigenvalue weighted by molar-refractivity contribution is 0.214. The van der Waals surface area contributed by atoms with Gasteiger partial charge in [0.15, 0.2) is 0 Å². The number of thiazole rings is 1. The Balaban J connectivity index is 1.57. The Morgan fingerprint density at radius 1 is 1.50 bits per heavy atom. The second kappa shape index (κ2) is 5.66. The molecule has 1 fully saturated rings. The summed E-state index contributed by atoms with van der Waals surface area (Å²) >= 11 is 1.43. The SMILES string of the molecule is CS(=O)(=O)N1CC(NC(=O)Nc2cn[nH]c2-c2nccs2)C1. The third-order valence-electron chi connectivity index (χ3n) is 3.19. The number of rotatable bonds is 4. The minimum atomic E-state index is -3.18. The van der Waals surface area contributed by atoms with Crippen molar-refractivity contribution < 1.29 is 13.2 Å². The first-order valence-corrected chi connectivity index (χ1v) is 9.12. The predicted octanol–water partition coefficient (Wildman–Crippen LogP) is 0.299. The lowest BCUT2D eigenvalue weighted by Gasteiger charge is -2.37. The lowest BCUT2D eigenvalue weighted by Crippen LogP contribution is -2.61. The molecule has 11 heteroatoms. The fourth-order valence-corrected chi connectivity index (χ4v) is 3.58. The first kappa shape index (κ1) is 14.9. The number of aromatic nitrogens is 3. The van der Waals surface area contributed by atoms with Gasteiger partial charge in [-0.1, -0.05) is 0 Å². The summed E-state index contributed by atoms with van der Waals surface area (Å²) in [4.78, 5) is 16.1. The molecule has 22 heavy (non-hydrogen) atoms. The van der Waals surface area contributed by atoms with Gasteiger partial charge in [-0.3, -0.25) is 5.10 Å². The molecule has 9 nitrogen and oxygen atoms in total. The highest BCUT2D eigenvalue weighted by atomic mass is 32.2. The van der Waals surface area contributed by atoms with Crippen molar-refractivity contribution in [3.63, 3.8) is 0 Å². The lowest BCUT2D eigenvalue weighted by atomic mass is 10.2. The summed E-state index contributed by atoms with van der Waals surface area (Å²) in [5, 5.41) is 14.6. The van der Waals surface area contributed by atoms with Crippen molar-refractivity contribution in [1.29, 1.82) is 0 Å². The minimum Gasteiger partial charge on any atom is -0.332 e. The molecule has 3 heterocycles. The summed E-state index contributed by atoms with van der Waals surface area (Å²) in [5.41, 5.74) is 1.16. The number of anilines is 1. The third kappa shape index (κ3) is 3.10. The molecule has 0 aliphatic carbocycles. The molecule has 2 aromatic heterocycles. The van der Waals surface area contributed by atoms with Crippen molar-refractivity contribution in [2.75, 3.05) is 24.7 Å². The quantitative estimate of drug-likeness (QED) is 0.738. The molecule has 0 atom stereocenters. The van der Waals surface area contributed by atoms with E-state index in [1.807, 2.05) is 5.38 Å². The van der Waals surface area contributed by atoms with E-state index in [-0.39, 0.29) is 19.1 Å². The van der Waals surface area contributed by atoms with Crippen LogP contribution in [0.2, 0.25) is 0 Å². The first-order chi connectivity index (χ1) is 10.4. The molecule has 0 unspecified atom stereocenters. The molecule has 2 amide bonds. The zero-order valence-electron chi connectivity index (χ0n) is 11.6. The molecule has 1 saturated heterocycles. The van der Waals surface area contributed by atoms with Crippen molar-refractivity contribution in [2.45, 2.75) is 6.04 Å². The Morgan fingerprint density at radius 3 is 2.91 bits per heavy atom. The molecule has 1 aliphatic rings. The van der Waals surface area contributed by atoms with Crippen LogP contribution in [0.25, 0.3) is 10.7 Å². The van der Waals surface area contributed by atoms with Crippen molar-refractivity contribution >= 4 is 33.1 Å². The van der Waals surface area contributed by atoms with Gasteiger partial charge < -0.3 is 10.6 Å². The normalized spacial score (nSPS) is 16.2. The molecule has 2 aromatic rings. The summed E-state index contributed by atoms with van der Waals surface area (Å²) in [6, 6.07) is -0.595. The van der Waals surface area contributed by atoms with Gasteiger partial charge in [0.05, 0.1) is 24.2 Å². The van der Waals surface area contributed by atoms with Gasteiger partial charge in [0.2, 0.25) is 10.0 Å². The van der Waals surface area contributed by atoms with Gasteiger partial charge in [-0.05, 0) is 0 Å². The van der Waals surface area contributed by atoms with Crippen LogP contribution in [0.4, 0.5) is 10.5 Å². The van der Waals surface area contributed by atoms with E-state index in [2.05, 4.69) is 25.8 Å². The van der Waals surface area contributed by atoms with Crippen LogP contribution in [0, 0.1) is 0 Å². The first-order valence-electron chi connectivity index (χ1n) is 6.39. The summed E-state index contributed by atoms with van der Waals surface area (Å²) in [5.74, 6) is 0. The number of amides is 2. The standard InChI is InChI=1S/C11H14N6O3S2/c1-22(19,20)17-5-7(6-17)14-11(18)15-8-4-13-16-9(8)10-12-2-3-21-10/h2-4,7H,5-6H2,1H3,(H,13,16)(H2,14,15,18). The summed E-state index contributed by atoms with van der Waals surface area (Å²) in [6.07, 6.45) is 4.31. The summed E-state index contributed by atoms with van der Waals surface area (Å²) < 4.78 is 23.8. The van der Waals surface area contributed by atoms with Gasteiger partial charge >= 0.3 is 6.03 Å². The highest BCUT2D eigenvalue weighted by Crippen LogP contribution is 2.26. The van der Waals surface area contributed by atoms with Crippen LogP contribution in [-0.4, -0.2) is 59.3 Å². The number of urea groups is 1. The van der Waals surface area contributed by atoms with Gasteiger partial charge in [-0.25, -0.2) is 18.2 Å². The minimum absolute atomic E-state index is 0.190. The average molecular weight is 342 g/mol. The largest absolute Gasteiger partial charge is 0.332 e. The Hall–Kier alpha value is -1.98. The Labute approximate surface area is 130 Å². The highest BCUT2D eigenvalue weighted by Gasteiger charge is 2.34. The van der Waals surface area contributed by atoms with E-state index < -0.39 is 16.1 Å². The van der Waals surface area contributed by atoms with Gasteiger partial charge in [0.1, 0.15) is 10.7 Å². The number of nitrogens with zero attached hydrogens (tertiary/aromatic N) is 3. The molecule has 0 spiro atoms. The summed E-state index contributed by atoms with van der Waals surface area (Å²) in [7, 11) is -3.18. The monoisotopic (exact) mass is 342 g/mol. The average Bonchev–Trinajstić information content (AvgIpc) is 3.01. The van der Waals surface area contributed by atoms with Crippen LogP contribution in [0.5, 0.6) is 0 Å². The van der Waals surface area contributed by atoms with Crippen LogP contribution < -0.4 is 10.6 Å². The zero-order chi connectivity index (χ0) is 15.7. The molecule has 1 aliphatic heterocycles. The summed E-state index contributed by atoms with van der Waals surface area (Å²) in [6.45, 7) is 0.577. The smallest absolute Gasteiger partial charge is 0.319 e. The fourth-order valence-electron chi connectivity index (χ4n) is 2.03. The van der Waals surface area contributed by atoms with Crippen LogP contribution in [-0.2, 0) is 10.0 Å². The molecule has 3 N–H and O–H groups in total. The van der Waals surface area contributed by atoms with Crippen LogP contribution in [0.1, 0.15) is 0 Å². The van der Waals surface area contributed by atoms with E-state index in [1.165, 1.54) is 21.8 Å². The maximum absolute atomic E-state index is 11.9. The van der Waals surface area contributed by atoms with Gasteiger partial charge in [-0.2, -0.15) is 9.40 Å². The van der Waals surface area contributed by atoms with Crippen molar-refractivity contribution in [1.82, 2.24) is 24.8 Å². The molecule has 118 valence electrons. The van der Waals surface area contributed by atoms with E-state index in [4.69, 9.17) is 0 Å². The molecule has 0 bridgehead atoms. The molecule has 3 rings (SSSR count). The number of hydrogen-bond donors (Lipinski definition) is 3. The van der Waals surface area contributed by atoms with Gasteiger partial charge in [0, 0.05) is 24.7 Å². The van der Waals surface area contributed by atoms with Gasteiger partial charge in [-0.15, -0.1) is 11.3 Å². The van der Waals surface area contributed by atoms with E-state index in [0.29, 0.717) is 11.4 Å². The van der Waals surface area contributed by atoms with E-state index in [9.17, 15) is 13.2 Å². The Kier molecular flexibility index (Phi) is 3.85. The van der Waals surface area contributed by atoms with E-state index >= 15 is 0 Å². The maximum Gasteiger partial charge on any atom is 0.319 e. The molecule has 0 radical (unpaired) electrons. The van der Waals surface area contributed by atoms with Crippen molar-refractivity contribution in [3.05, 3.63) is 17.8 Å². The highest BCUT2D eigenvalue weighted by molar-refractivity contribution is 7.88. The number of H-pyrrole nitrogens is 1. The molecule has 0 saturated carbocycles. The number of nitrogens with one attached hydrogen (secondary N) is 3. The Bertz CT molecular complexity index is 764. The van der Waals surface area contributed by atoms with Crippen LogP contribution in [0.3, 0.4) is 0 Å². The number of carbonyl (C=O) groups excluding carboxylic acids is 1. The van der Waals surface area contributed by atoms with E-state index in [0.717, 1.165) is 11.3 Å². The zero-order valence-corrected chi connectivity index (χ0v) is 13.2. The van der Waals surface area contributed by atoms with E-state index in [1.54, 1.807) is 6.20 Å². The van der Waals surface area contributed by atoms with Crippen molar-refractivity contribution in [3.8, 4) is 10.7 Å². The topological polar surface area (TPSA) is 120 Å². The molecule has 0 aromatic carbocycles. The van der Waals surface area contributed by atoms with Crippen molar-refractivity contribution in [2.24, 2.45) is 0 Å². The van der Waals surface area contributed by atoms with Crippen LogP contribution >= 0.6 is 11.3 Å². The number of aromatic amines is 1. The maximum atomic E-state index is 11.9. The third-order valence-corrected chi connectivity index (χ3v) is 5.21. The number of hydrogen-bond acceptors (Lipinski definition) is 6. The number of sulfonamides is 1. The predicted molar refractivity (Wildman–Crippen MR) is 82.1 cm³/mol. The second-order valence-corrected chi connectivity index (χ2v) is 7.75. The second-order valence-electron chi connectivity index (χ2n) is 4.87. The molecular weight excluding hydrogens is 328 g/mol. The number of carbonyl (C=O) groups is 1. The Morgan fingerprint density at radius 2 is 2.27 bits per heavy atom.